The third kappa shape index (κ3) is 3.46. The van der Waals surface area contributed by atoms with Gasteiger partial charge in [0.15, 0.2) is 0 Å². The molecule has 0 N–H and O–H groups in total. The van der Waals surface area contributed by atoms with Crippen molar-refractivity contribution in [3.8, 4) is 11.1 Å². The zero-order chi connectivity index (χ0) is 14.8. The lowest BCUT2D eigenvalue weighted by molar-refractivity contribution is -0.137. The van der Waals surface area contributed by atoms with Crippen molar-refractivity contribution in [2.75, 3.05) is 0 Å². The zero-order valence-corrected chi connectivity index (χ0v) is 11.0. The minimum absolute atomic E-state index is 0.0403. The molecule has 1 atom stereocenters. The third-order valence-corrected chi connectivity index (χ3v) is 3.33. The molecule has 1 unspecified atom stereocenters. The molecular formula is C14H10F3O2S-. The Morgan fingerprint density at radius 2 is 1.70 bits per heavy atom. The predicted octanol–water partition coefficient (Wildman–Crippen LogP) is 3.75. The second-order valence-electron chi connectivity index (χ2n) is 4.19. The maximum absolute atomic E-state index is 13.1. The highest BCUT2D eigenvalue weighted by Gasteiger charge is 2.33. The molecule has 0 saturated heterocycles. The van der Waals surface area contributed by atoms with Crippen molar-refractivity contribution in [2.24, 2.45) is 0 Å². The van der Waals surface area contributed by atoms with Crippen molar-refractivity contribution in [3.63, 3.8) is 0 Å². The van der Waals surface area contributed by atoms with Gasteiger partial charge in [-0.1, -0.05) is 53.5 Å². The van der Waals surface area contributed by atoms with Crippen LogP contribution in [-0.2, 0) is 23.0 Å². The summed E-state index contributed by atoms with van der Waals surface area (Å²) in [6, 6.07) is 11.8. The normalized spacial score (nSPS) is 13.2. The lowest BCUT2D eigenvalue weighted by Crippen LogP contribution is -2.08. The lowest BCUT2D eigenvalue weighted by atomic mass is 9.97. The van der Waals surface area contributed by atoms with Gasteiger partial charge in [0, 0.05) is 5.75 Å². The van der Waals surface area contributed by atoms with Crippen LogP contribution in [0.3, 0.4) is 0 Å². The summed E-state index contributed by atoms with van der Waals surface area (Å²) in [5, 5.41) is 0. The summed E-state index contributed by atoms with van der Waals surface area (Å²) in [5.41, 5.74) is -0.231. The minimum Gasteiger partial charge on any atom is -0.772 e. The van der Waals surface area contributed by atoms with Gasteiger partial charge in [-0.25, -0.2) is 0 Å². The van der Waals surface area contributed by atoms with E-state index in [-0.39, 0.29) is 11.1 Å². The molecule has 0 fully saturated rings. The van der Waals surface area contributed by atoms with Gasteiger partial charge in [0.05, 0.1) is 5.56 Å². The fourth-order valence-corrected chi connectivity index (χ4v) is 2.37. The first-order chi connectivity index (χ1) is 9.38. The Hall–Kier alpha value is -1.66. The number of benzene rings is 2. The molecule has 0 saturated carbocycles. The van der Waals surface area contributed by atoms with E-state index >= 15 is 0 Å². The van der Waals surface area contributed by atoms with E-state index in [1.807, 2.05) is 0 Å². The van der Waals surface area contributed by atoms with Gasteiger partial charge >= 0.3 is 6.18 Å². The molecule has 0 amide bonds. The van der Waals surface area contributed by atoms with Crippen molar-refractivity contribution in [1.29, 1.82) is 0 Å². The minimum atomic E-state index is -4.54. The van der Waals surface area contributed by atoms with E-state index in [2.05, 4.69) is 0 Å². The number of rotatable bonds is 3. The van der Waals surface area contributed by atoms with Crippen LogP contribution >= 0.6 is 0 Å². The first-order valence-corrected chi connectivity index (χ1v) is 6.94. The number of alkyl halides is 3. The van der Waals surface area contributed by atoms with Crippen LogP contribution in [0.1, 0.15) is 11.1 Å². The van der Waals surface area contributed by atoms with Gasteiger partial charge in [0.2, 0.25) is 0 Å². The number of hydrogen-bond donors (Lipinski definition) is 0. The molecule has 0 aliphatic rings. The van der Waals surface area contributed by atoms with Crippen molar-refractivity contribution >= 4 is 11.1 Å². The van der Waals surface area contributed by atoms with E-state index in [9.17, 15) is 21.9 Å². The van der Waals surface area contributed by atoms with Gasteiger partial charge in [0.1, 0.15) is 0 Å². The number of halogens is 3. The highest BCUT2D eigenvalue weighted by molar-refractivity contribution is 7.78. The second kappa shape index (κ2) is 5.76. The van der Waals surface area contributed by atoms with Crippen LogP contribution in [0, 0.1) is 0 Å². The van der Waals surface area contributed by atoms with E-state index in [1.54, 1.807) is 30.3 Å². The average molecular weight is 299 g/mol. The Morgan fingerprint density at radius 3 is 2.25 bits per heavy atom. The van der Waals surface area contributed by atoms with Crippen LogP contribution in [0.5, 0.6) is 0 Å². The first kappa shape index (κ1) is 14.7. The Balaban J connectivity index is 2.55. The van der Waals surface area contributed by atoms with Crippen LogP contribution in [-0.4, -0.2) is 8.76 Å². The molecule has 0 aliphatic carbocycles. The van der Waals surface area contributed by atoms with Crippen LogP contribution in [0.2, 0.25) is 0 Å². The van der Waals surface area contributed by atoms with Crippen LogP contribution < -0.4 is 0 Å². The monoisotopic (exact) mass is 299 g/mol. The van der Waals surface area contributed by atoms with Gasteiger partial charge in [-0.2, -0.15) is 13.2 Å². The van der Waals surface area contributed by atoms with Crippen LogP contribution in [0.4, 0.5) is 13.2 Å². The molecule has 0 aromatic heterocycles. The largest absolute Gasteiger partial charge is 0.772 e. The molecule has 2 aromatic rings. The smallest absolute Gasteiger partial charge is 0.417 e. The molecule has 20 heavy (non-hydrogen) atoms. The molecule has 6 heteroatoms. The molecule has 0 aliphatic heterocycles. The summed E-state index contributed by atoms with van der Waals surface area (Å²) >= 11 is -2.42. The Labute approximate surface area is 116 Å². The fourth-order valence-electron chi connectivity index (χ4n) is 1.92. The number of hydrogen-bond acceptors (Lipinski definition) is 2. The quantitative estimate of drug-likeness (QED) is 0.810. The fraction of sp³-hybridized carbons (Fsp3) is 0.143. The Kier molecular flexibility index (Phi) is 4.25. The maximum atomic E-state index is 13.1. The Bertz CT molecular complexity index is 624. The summed E-state index contributed by atoms with van der Waals surface area (Å²) in [6.45, 7) is 0. The van der Waals surface area contributed by atoms with Crippen molar-refractivity contribution in [3.05, 3.63) is 59.7 Å². The third-order valence-electron chi connectivity index (χ3n) is 2.76. The molecule has 0 radical (unpaired) electrons. The highest BCUT2D eigenvalue weighted by atomic mass is 32.2. The van der Waals surface area contributed by atoms with E-state index in [4.69, 9.17) is 0 Å². The first-order valence-electron chi connectivity index (χ1n) is 5.69. The summed E-state index contributed by atoms with van der Waals surface area (Å²) in [7, 11) is 0. The van der Waals surface area contributed by atoms with E-state index < -0.39 is 28.6 Å². The molecular weight excluding hydrogens is 289 g/mol. The molecule has 2 aromatic carbocycles. The van der Waals surface area contributed by atoms with Gasteiger partial charge in [-0.15, -0.1) is 0 Å². The summed E-state index contributed by atoms with van der Waals surface area (Å²) in [4.78, 5) is 0. The Morgan fingerprint density at radius 1 is 1.05 bits per heavy atom. The van der Waals surface area contributed by atoms with Crippen molar-refractivity contribution < 1.29 is 21.9 Å². The van der Waals surface area contributed by atoms with E-state index in [1.165, 1.54) is 12.1 Å². The maximum Gasteiger partial charge on any atom is 0.417 e. The highest BCUT2D eigenvalue weighted by Crippen LogP contribution is 2.37. The molecule has 0 bridgehead atoms. The summed E-state index contributed by atoms with van der Waals surface area (Å²) in [6.07, 6.45) is -4.54. The van der Waals surface area contributed by atoms with Gasteiger partial charge < -0.3 is 4.55 Å². The second-order valence-corrected chi connectivity index (χ2v) is 5.09. The molecule has 0 heterocycles. The standard InChI is InChI=1S/C14H11F3O2S/c15-14(16,17)13-8-10(9-20(18)19)6-7-12(13)11-4-2-1-3-5-11/h1-8H,9H2,(H,18,19)/p-1. The molecule has 0 spiro atoms. The predicted molar refractivity (Wildman–Crippen MR) is 69.5 cm³/mol. The molecule has 2 rings (SSSR count). The average Bonchev–Trinajstić information content (AvgIpc) is 2.38. The van der Waals surface area contributed by atoms with Crippen molar-refractivity contribution in [1.82, 2.24) is 0 Å². The lowest BCUT2D eigenvalue weighted by Gasteiger charge is -2.15. The van der Waals surface area contributed by atoms with Crippen molar-refractivity contribution in [2.45, 2.75) is 11.9 Å². The van der Waals surface area contributed by atoms with E-state index in [0.29, 0.717) is 5.56 Å². The SMILES string of the molecule is O=S([O-])Cc1ccc(-c2ccccc2)c(C(F)(F)F)c1. The van der Waals surface area contributed by atoms with Crippen LogP contribution in [0.15, 0.2) is 48.5 Å². The zero-order valence-electron chi connectivity index (χ0n) is 10.2. The van der Waals surface area contributed by atoms with E-state index in [0.717, 1.165) is 6.07 Å². The van der Waals surface area contributed by atoms with Gasteiger partial charge in [-0.05, 0) is 22.8 Å². The topological polar surface area (TPSA) is 40.1 Å². The van der Waals surface area contributed by atoms with Gasteiger partial charge in [0.25, 0.3) is 0 Å². The molecule has 2 nitrogen and oxygen atoms in total. The van der Waals surface area contributed by atoms with Crippen LogP contribution in [0.25, 0.3) is 11.1 Å². The summed E-state index contributed by atoms with van der Waals surface area (Å²) in [5.74, 6) is -0.432. The van der Waals surface area contributed by atoms with Gasteiger partial charge in [-0.3, -0.25) is 4.21 Å². The summed E-state index contributed by atoms with van der Waals surface area (Å²) < 4.78 is 60.5. The molecule has 106 valence electrons.